The van der Waals surface area contributed by atoms with Gasteiger partial charge in [0.2, 0.25) is 0 Å². The third-order valence-electron chi connectivity index (χ3n) is 4.53. The predicted octanol–water partition coefficient (Wildman–Crippen LogP) is 2.49. The van der Waals surface area contributed by atoms with Crippen molar-refractivity contribution in [3.05, 3.63) is 16.1 Å². The molecule has 18 heavy (non-hydrogen) atoms. The Hall–Kier alpha value is -0.450. The molecule has 2 heterocycles. The van der Waals surface area contributed by atoms with Crippen LogP contribution >= 0.6 is 11.3 Å². The highest BCUT2D eigenvalue weighted by atomic mass is 32.1. The van der Waals surface area contributed by atoms with Crippen molar-refractivity contribution in [1.29, 1.82) is 0 Å². The van der Waals surface area contributed by atoms with Crippen molar-refractivity contribution in [3.8, 4) is 0 Å². The highest BCUT2D eigenvalue weighted by Crippen LogP contribution is 2.37. The molecular weight excluding hydrogens is 242 g/mol. The van der Waals surface area contributed by atoms with E-state index in [1.165, 1.54) is 30.8 Å². The normalized spacial score (nSPS) is 32.7. The lowest BCUT2D eigenvalue weighted by molar-refractivity contribution is 0.380. The summed E-state index contributed by atoms with van der Waals surface area (Å²) in [6.07, 6.45) is 4.30. The molecule has 0 aromatic carbocycles. The van der Waals surface area contributed by atoms with Crippen LogP contribution in [0.1, 0.15) is 42.9 Å². The summed E-state index contributed by atoms with van der Waals surface area (Å²) in [6.45, 7) is 6.61. The highest BCUT2D eigenvalue weighted by Gasteiger charge is 2.38. The topological polar surface area (TPSA) is 37.0 Å². The minimum Gasteiger partial charge on any atom is -0.312 e. The Morgan fingerprint density at radius 3 is 3.22 bits per heavy atom. The molecule has 1 saturated heterocycles. The summed E-state index contributed by atoms with van der Waals surface area (Å²) in [7, 11) is 0. The molecule has 4 atom stereocenters. The summed E-state index contributed by atoms with van der Waals surface area (Å²) in [5.41, 5.74) is 1.14. The first-order valence-electron chi connectivity index (χ1n) is 7.13. The van der Waals surface area contributed by atoms with Crippen LogP contribution in [0.5, 0.6) is 0 Å². The van der Waals surface area contributed by atoms with Crippen molar-refractivity contribution in [2.24, 2.45) is 11.8 Å². The van der Waals surface area contributed by atoms with Gasteiger partial charge in [-0.2, -0.15) is 0 Å². The van der Waals surface area contributed by atoms with Gasteiger partial charge in [-0.3, -0.25) is 0 Å². The summed E-state index contributed by atoms with van der Waals surface area (Å²) in [5.74, 6) is 1.87. The van der Waals surface area contributed by atoms with Crippen LogP contribution in [0.25, 0.3) is 0 Å². The first-order valence-corrected chi connectivity index (χ1v) is 8.01. The number of fused-ring (bicyclic) bond motifs is 1. The predicted molar refractivity (Wildman–Crippen MR) is 75.9 cm³/mol. The molecule has 1 aromatic rings. The molecule has 1 saturated carbocycles. The van der Waals surface area contributed by atoms with Crippen LogP contribution in [0.4, 0.5) is 0 Å². The van der Waals surface area contributed by atoms with Crippen LogP contribution in [-0.4, -0.2) is 24.1 Å². The average molecular weight is 265 g/mol. The number of hydrogen-bond acceptors (Lipinski definition) is 4. The van der Waals surface area contributed by atoms with E-state index in [9.17, 15) is 0 Å². The summed E-state index contributed by atoms with van der Waals surface area (Å²) in [5, 5.41) is 10.7. The third kappa shape index (κ3) is 2.46. The van der Waals surface area contributed by atoms with Crippen molar-refractivity contribution in [2.45, 2.75) is 45.2 Å². The molecule has 1 aromatic heterocycles. The molecule has 2 aliphatic rings. The van der Waals surface area contributed by atoms with Crippen LogP contribution in [0.3, 0.4) is 0 Å². The Morgan fingerprint density at radius 1 is 1.56 bits per heavy atom. The van der Waals surface area contributed by atoms with E-state index in [0.717, 1.165) is 24.1 Å². The van der Waals surface area contributed by atoms with E-state index in [1.54, 1.807) is 11.3 Å². The fourth-order valence-corrected chi connectivity index (χ4v) is 4.32. The van der Waals surface area contributed by atoms with E-state index in [0.29, 0.717) is 12.1 Å². The molecular formula is C14H23N3S. The molecule has 2 fully saturated rings. The SMILES string of the molecule is Cc1csc(C(C)NCC2NCC3CCCC32)n1. The zero-order chi connectivity index (χ0) is 12.5. The van der Waals surface area contributed by atoms with Crippen molar-refractivity contribution in [1.82, 2.24) is 15.6 Å². The van der Waals surface area contributed by atoms with E-state index in [2.05, 4.69) is 34.8 Å². The summed E-state index contributed by atoms with van der Waals surface area (Å²) in [4.78, 5) is 4.56. The lowest BCUT2D eigenvalue weighted by Crippen LogP contribution is -2.38. The summed E-state index contributed by atoms with van der Waals surface area (Å²) >= 11 is 1.77. The first-order chi connectivity index (χ1) is 8.74. The standard InChI is InChI=1S/C14H23N3S/c1-9-8-18-14(17-9)10(2)15-7-13-12-5-3-4-11(12)6-16-13/h8,10-13,15-16H,3-7H2,1-2H3. The number of rotatable bonds is 4. The Balaban J connectivity index is 1.52. The van der Waals surface area contributed by atoms with Crippen LogP contribution in [0.2, 0.25) is 0 Å². The molecule has 0 spiro atoms. The molecule has 1 aliphatic heterocycles. The van der Waals surface area contributed by atoms with Crippen molar-refractivity contribution in [2.75, 3.05) is 13.1 Å². The lowest BCUT2D eigenvalue weighted by atomic mass is 9.94. The fraction of sp³-hybridized carbons (Fsp3) is 0.786. The van der Waals surface area contributed by atoms with Crippen LogP contribution in [0.15, 0.2) is 5.38 Å². The van der Waals surface area contributed by atoms with Gasteiger partial charge in [-0.05, 0) is 45.1 Å². The smallest absolute Gasteiger partial charge is 0.110 e. The maximum atomic E-state index is 4.56. The first kappa shape index (κ1) is 12.6. The zero-order valence-corrected chi connectivity index (χ0v) is 12.1. The number of nitrogens with zero attached hydrogens (tertiary/aromatic N) is 1. The minimum atomic E-state index is 0.381. The molecule has 0 amide bonds. The maximum Gasteiger partial charge on any atom is 0.110 e. The molecule has 3 nitrogen and oxygen atoms in total. The Labute approximate surface area is 113 Å². The van der Waals surface area contributed by atoms with Gasteiger partial charge >= 0.3 is 0 Å². The number of aromatic nitrogens is 1. The van der Waals surface area contributed by atoms with E-state index in [4.69, 9.17) is 0 Å². The van der Waals surface area contributed by atoms with Crippen LogP contribution < -0.4 is 10.6 Å². The largest absolute Gasteiger partial charge is 0.312 e. The molecule has 4 unspecified atom stereocenters. The van der Waals surface area contributed by atoms with Crippen LogP contribution in [0, 0.1) is 18.8 Å². The second-order valence-electron chi connectivity index (χ2n) is 5.83. The lowest BCUT2D eigenvalue weighted by Gasteiger charge is -2.21. The summed E-state index contributed by atoms with van der Waals surface area (Å²) < 4.78 is 0. The molecule has 100 valence electrons. The maximum absolute atomic E-state index is 4.56. The van der Waals surface area contributed by atoms with Gasteiger partial charge in [-0.15, -0.1) is 11.3 Å². The van der Waals surface area contributed by atoms with Gasteiger partial charge in [0.1, 0.15) is 5.01 Å². The quantitative estimate of drug-likeness (QED) is 0.878. The van der Waals surface area contributed by atoms with Gasteiger partial charge in [-0.25, -0.2) is 4.98 Å². The summed E-state index contributed by atoms with van der Waals surface area (Å²) in [6, 6.07) is 1.06. The van der Waals surface area contributed by atoms with Crippen LogP contribution in [-0.2, 0) is 0 Å². The van der Waals surface area contributed by atoms with Gasteiger partial charge in [0.05, 0.1) is 6.04 Å². The van der Waals surface area contributed by atoms with Gasteiger partial charge in [0.25, 0.3) is 0 Å². The minimum absolute atomic E-state index is 0.381. The molecule has 0 radical (unpaired) electrons. The second-order valence-corrected chi connectivity index (χ2v) is 6.72. The molecule has 0 bridgehead atoms. The molecule has 2 N–H and O–H groups in total. The number of aryl methyl sites for hydroxylation is 1. The van der Waals surface area contributed by atoms with Crippen molar-refractivity contribution < 1.29 is 0 Å². The fourth-order valence-electron chi connectivity index (χ4n) is 3.49. The van der Waals surface area contributed by atoms with Crippen molar-refractivity contribution >= 4 is 11.3 Å². The number of thiazole rings is 1. The van der Waals surface area contributed by atoms with Gasteiger partial charge < -0.3 is 10.6 Å². The zero-order valence-electron chi connectivity index (χ0n) is 11.3. The molecule has 3 rings (SSSR count). The highest BCUT2D eigenvalue weighted by molar-refractivity contribution is 7.09. The molecule has 4 heteroatoms. The van der Waals surface area contributed by atoms with Gasteiger partial charge in [-0.1, -0.05) is 6.42 Å². The molecule has 1 aliphatic carbocycles. The van der Waals surface area contributed by atoms with Crippen molar-refractivity contribution in [3.63, 3.8) is 0 Å². The third-order valence-corrected chi connectivity index (χ3v) is 5.67. The number of nitrogens with one attached hydrogen (secondary N) is 2. The van der Waals surface area contributed by atoms with E-state index >= 15 is 0 Å². The van der Waals surface area contributed by atoms with E-state index in [-0.39, 0.29) is 0 Å². The van der Waals surface area contributed by atoms with E-state index < -0.39 is 0 Å². The Morgan fingerprint density at radius 2 is 2.44 bits per heavy atom. The average Bonchev–Trinajstić information content (AvgIpc) is 3.02. The monoisotopic (exact) mass is 265 g/mol. The van der Waals surface area contributed by atoms with Gasteiger partial charge in [0.15, 0.2) is 0 Å². The Kier molecular flexibility index (Phi) is 3.68. The Bertz CT molecular complexity index is 403. The number of hydrogen-bond donors (Lipinski definition) is 2. The second kappa shape index (κ2) is 5.27. The van der Waals surface area contributed by atoms with E-state index in [1.807, 2.05) is 0 Å². The van der Waals surface area contributed by atoms with Gasteiger partial charge in [0, 0.05) is 23.7 Å².